The molecule has 94 valence electrons. The first-order valence-corrected chi connectivity index (χ1v) is 6.25. The van der Waals surface area contributed by atoms with Gasteiger partial charge in [0, 0.05) is 30.4 Å². The molecule has 1 aromatic carbocycles. The van der Waals surface area contributed by atoms with E-state index in [1.54, 1.807) is 0 Å². The van der Waals surface area contributed by atoms with Crippen molar-refractivity contribution in [3.05, 3.63) is 48.0 Å². The largest absolute Gasteiger partial charge is 0.493 e. The number of ether oxygens (including phenoxy) is 1. The third kappa shape index (κ3) is 1.99. The average Bonchev–Trinajstić information content (AvgIpc) is 2.99. The van der Waals surface area contributed by atoms with Crippen LogP contribution >= 0.6 is 0 Å². The quantitative estimate of drug-likeness (QED) is 0.889. The SMILES string of the molecule is CNCc1nccn1CC1COc2ccccc21. The summed E-state index contributed by atoms with van der Waals surface area (Å²) in [5.41, 5.74) is 1.31. The minimum atomic E-state index is 0.422. The van der Waals surface area contributed by atoms with Crippen LogP contribution in [0.15, 0.2) is 36.7 Å². The average molecular weight is 243 g/mol. The van der Waals surface area contributed by atoms with Gasteiger partial charge in [0.15, 0.2) is 0 Å². The van der Waals surface area contributed by atoms with Gasteiger partial charge in [0.25, 0.3) is 0 Å². The van der Waals surface area contributed by atoms with Gasteiger partial charge in [-0.25, -0.2) is 4.98 Å². The first-order valence-electron chi connectivity index (χ1n) is 6.25. The number of hydrogen-bond acceptors (Lipinski definition) is 3. The predicted molar refractivity (Wildman–Crippen MR) is 69.7 cm³/mol. The summed E-state index contributed by atoms with van der Waals surface area (Å²) in [5, 5.41) is 3.14. The summed E-state index contributed by atoms with van der Waals surface area (Å²) < 4.78 is 7.91. The van der Waals surface area contributed by atoms with Gasteiger partial charge in [0.1, 0.15) is 11.6 Å². The van der Waals surface area contributed by atoms with Gasteiger partial charge in [-0.3, -0.25) is 0 Å². The molecule has 2 heterocycles. The molecule has 2 aromatic rings. The Morgan fingerprint density at radius 3 is 3.22 bits per heavy atom. The molecule has 4 nitrogen and oxygen atoms in total. The molecule has 3 rings (SSSR count). The molecular formula is C14H17N3O. The van der Waals surface area contributed by atoms with Gasteiger partial charge in [-0.1, -0.05) is 18.2 Å². The van der Waals surface area contributed by atoms with E-state index in [0.29, 0.717) is 5.92 Å². The van der Waals surface area contributed by atoms with Crippen LogP contribution in [0.5, 0.6) is 5.75 Å². The molecule has 4 heteroatoms. The Hall–Kier alpha value is -1.81. The molecule has 18 heavy (non-hydrogen) atoms. The molecule has 1 N–H and O–H groups in total. The summed E-state index contributed by atoms with van der Waals surface area (Å²) in [7, 11) is 1.94. The Morgan fingerprint density at radius 1 is 1.44 bits per heavy atom. The Morgan fingerprint density at radius 2 is 2.33 bits per heavy atom. The Labute approximate surface area is 107 Å². The van der Waals surface area contributed by atoms with E-state index in [0.717, 1.165) is 31.3 Å². The molecule has 0 bridgehead atoms. The lowest BCUT2D eigenvalue weighted by molar-refractivity contribution is 0.317. The van der Waals surface area contributed by atoms with E-state index >= 15 is 0 Å². The van der Waals surface area contributed by atoms with Crippen molar-refractivity contribution in [1.82, 2.24) is 14.9 Å². The summed E-state index contributed by atoms with van der Waals surface area (Å²) in [6.07, 6.45) is 3.89. The van der Waals surface area contributed by atoms with E-state index < -0.39 is 0 Å². The molecule has 0 amide bonds. The number of imidazole rings is 1. The fourth-order valence-corrected chi connectivity index (χ4v) is 2.45. The topological polar surface area (TPSA) is 39.1 Å². The third-order valence-corrected chi connectivity index (χ3v) is 3.35. The minimum Gasteiger partial charge on any atom is -0.493 e. The lowest BCUT2D eigenvalue weighted by Crippen LogP contribution is -2.16. The number of para-hydroxylation sites is 1. The molecule has 1 aliphatic heterocycles. The van der Waals surface area contributed by atoms with Crippen molar-refractivity contribution in [2.75, 3.05) is 13.7 Å². The summed E-state index contributed by atoms with van der Waals surface area (Å²) in [6.45, 7) is 2.48. The van der Waals surface area contributed by atoms with Gasteiger partial charge in [-0.15, -0.1) is 0 Å². The van der Waals surface area contributed by atoms with Crippen LogP contribution < -0.4 is 10.1 Å². The van der Waals surface area contributed by atoms with E-state index in [2.05, 4.69) is 27.0 Å². The van der Waals surface area contributed by atoms with Crippen LogP contribution in [-0.4, -0.2) is 23.2 Å². The van der Waals surface area contributed by atoms with Crippen molar-refractivity contribution in [3.63, 3.8) is 0 Å². The van der Waals surface area contributed by atoms with Gasteiger partial charge in [0.05, 0.1) is 13.2 Å². The monoisotopic (exact) mass is 243 g/mol. The molecule has 0 saturated heterocycles. The summed E-state index contributed by atoms with van der Waals surface area (Å²) in [5.74, 6) is 2.52. The van der Waals surface area contributed by atoms with E-state index in [9.17, 15) is 0 Å². The highest BCUT2D eigenvalue weighted by molar-refractivity contribution is 5.39. The van der Waals surface area contributed by atoms with Crippen molar-refractivity contribution < 1.29 is 4.74 Å². The Bertz CT molecular complexity index is 535. The van der Waals surface area contributed by atoms with Gasteiger partial charge >= 0.3 is 0 Å². The first-order chi connectivity index (χ1) is 8.88. The van der Waals surface area contributed by atoms with Crippen LogP contribution in [0.25, 0.3) is 0 Å². The lowest BCUT2D eigenvalue weighted by Gasteiger charge is -2.12. The minimum absolute atomic E-state index is 0.422. The fraction of sp³-hybridized carbons (Fsp3) is 0.357. The van der Waals surface area contributed by atoms with Crippen LogP contribution in [0, 0.1) is 0 Å². The highest BCUT2D eigenvalue weighted by Gasteiger charge is 2.24. The maximum absolute atomic E-state index is 5.71. The molecule has 0 aliphatic carbocycles. The molecule has 0 spiro atoms. The highest BCUT2D eigenvalue weighted by Crippen LogP contribution is 2.34. The number of fused-ring (bicyclic) bond motifs is 1. The van der Waals surface area contributed by atoms with Gasteiger partial charge in [-0.2, -0.15) is 0 Å². The molecule has 1 atom stereocenters. The molecular weight excluding hydrogens is 226 g/mol. The molecule has 1 aromatic heterocycles. The zero-order chi connectivity index (χ0) is 12.4. The van der Waals surface area contributed by atoms with Crippen molar-refractivity contribution in [3.8, 4) is 5.75 Å². The standard InChI is InChI=1S/C14H17N3O/c1-15-8-14-16-6-7-17(14)9-11-10-18-13-5-3-2-4-12(11)13/h2-7,11,15H,8-10H2,1H3. The highest BCUT2D eigenvalue weighted by atomic mass is 16.5. The van der Waals surface area contributed by atoms with Gasteiger partial charge < -0.3 is 14.6 Å². The lowest BCUT2D eigenvalue weighted by atomic mass is 10.0. The predicted octanol–water partition coefficient (Wildman–Crippen LogP) is 1.78. The third-order valence-electron chi connectivity index (χ3n) is 3.35. The van der Waals surface area contributed by atoms with Crippen LogP contribution in [-0.2, 0) is 13.1 Å². The smallest absolute Gasteiger partial charge is 0.122 e. The maximum atomic E-state index is 5.71. The molecule has 1 unspecified atom stereocenters. The number of rotatable bonds is 4. The van der Waals surface area contributed by atoms with Gasteiger partial charge in [0.2, 0.25) is 0 Å². The van der Waals surface area contributed by atoms with Crippen LogP contribution in [0.1, 0.15) is 17.3 Å². The van der Waals surface area contributed by atoms with Crippen molar-refractivity contribution >= 4 is 0 Å². The maximum Gasteiger partial charge on any atom is 0.122 e. The van der Waals surface area contributed by atoms with Crippen LogP contribution in [0.2, 0.25) is 0 Å². The second-order valence-corrected chi connectivity index (χ2v) is 4.57. The van der Waals surface area contributed by atoms with E-state index in [4.69, 9.17) is 4.74 Å². The fourth-order valence-electron chi connectivity index (χ4n) is 2.45. The Kier molecular flexibility index (Phi) is 3.02. The Balaban J connectivity index is 1.80. The zero-order valence-corrected chi connectivity index (χ0v) is 10.5. The van der Waals surface area contributed by atoms with Crippen molar-refractivity contribution in [1.29, 1.82) is 0 Å². The number of benzene rings is 1. The van der Waals surface area contributed by atoms with E-state index in [-0.39, 0.29) is 0 Å². The number of nitrogens with one attached hydrogen (secondary N) is 1. The first kappa shape index (κ1) is 11.3. The van der Waals surface area contributed by atoms with Crippen LogP contribution in [0.3, 0.4) is 0 Å². The zero-order valence-electron chi connectivity index (χ0n) is 10.5. The van der Waals surface area contributed by atoms with E-state index in [1.807, 2.05) is 31.6 Å². The van der Waals surface area contributed by atoms with Crippen molar-refractivity contribution in [2.24, 2.45) is 0 Å². The second-order valence-electron chi connectivity index (χ2n) is 4.57. The number of hydrogen-bond donors (Lipinski definition) is 1. The van der Waals surface area contributed by atoms with E-state index in [1.165, 1.54) is 5.56 Å². The number of nitrogens with zero attached hydrogens (tertiary/aromatic N) is 2. The second kappa shape index (κ2) is 4.82. The normalized spacial score (nSPS) is 17.5. The summed E-state index contributed by atoms with van der Waals surface area (Å²) >= 11 is 0. The molecule has 0 radical (unpaired) electrons. The van der Waals surface area contributed by atoms with Crippen molar-refractivity contribution in [2.45, 2.75) is 19.0 Å². The van der Waals surface area contributed by atoms with Crippen LogP contribution in [0.4, 0.5) is 0 Å². The molecule has 0 fully saturated rings. The number of aromatic nitrogens is 2. The summed E-state index contributed by atoms with van der Waals surface area (Å²) in [6, 6.07) is 8.28. The molecule has 0 saturated carbocycles. The molecule has 1 aliphatic rings. The van der Waals surface area contributed by atoms with Gasteiger partial charge in [-0.05, 0) is 13.1 Å². The summed E-state index contributed by atoms with van der Waals surface area (Å²) in [4.78, 5) is 4.36.